The molecule has 1 heterocycles. The van der Waals surface area contributed by atoms with Crippen molar-refractivity contribution in [3.8, 4) is 0 Å². The number of carbonyl (C=O) groups is 3. The van der Waals surface area contributed by atoms with Crippen molar-refractivity contribution in [1.82, 2.24) is 20.7 Å². The fourth-order valence-corrected chi connectivity index (χ4v) is 3.70. The number of rotatable bonds is 11. The Morgan fingerprint density at radius 3 is 2.67 bits per heavy atom. The number of fused-ring (bicyclic) bond motifs is 1. The number of aliphatic hydroxyl groups is 1. The van der Waals surface area contributed by atoms with Crippen LogP contribution in [0.5, 0.6) is 0 Å². The SMILES string of the molecule is CC(=O)N(NCc1cccc(F)c1Cl)[C@@H](CNC(=O)[C@H](N)CO)COC(=O)Nc1cc2cc(F)ccc2cn1. The average molecular weight is 565 g/mol. The highest BCUT2D eigenvalue weighted by atomic mass is 35.5. The molecule has 2 atom stereocenters. The van der Waals surface area contributed by atoms with Gasteiger partial charge in [-0.2, -0.15) is 0 Å². The topological polar surface area (TPSA) is 159 Å². The van der Waals surface area contributed by atoms with Gasteiger partial charge in [-0.1, -0.05) is 23.7 Å². The molecule has 0 radical (unpaired) electrons. The molecule has 0 aliphatic carbocycles. The Hall–Kier alpha value is -3.91. The van der Waals surface area contributed by atoms with Gasteiger partial charge >= 0.3 is 6.09 Å². The number of aromatic nitrogens is 1. The van der Waals surface area contributed by atoms with Crippen LogP contribution in [0.3, 0.4) is 0 Å². The quantitative estimate of drug-likeness (QED) is 0.221. The van der Waals surface area contributed by atoms with Crippen LogP contribution in [-0.2, 0) is 20.9 Å². The molecule has 3 rings (SSSR count). The molecule has 3 aromatic rings. The summed E-state index contributed by atoms with van der Waals surface area (Å²) in [6, 6.07) is 7.59. The van der Waals surface area contributed by atoms with Crippen molar-refractivity contribution in [2.45, 2.75) is 25.6 Å². The van der Waals surface area contributed by atoms with Gasteiger partial charge in [-0.15, -0.1) is 0 Å². The molecule has 0 unspecified atom stereocenters. The predicted octanol–water partition coefficient (Wildman–Crippen LogP) is 2.07. The summed E-state index contributed by atoms with van der Waals surface area (Å²) >= 11 is 6.00. The molecular formula is C25H27ClF2N6O5. The number of hydrogen-bond acceptors (Lipinski definition) is 8. The largest absolute Gasteiger partial charge is 0.447 e. The fourth-order valence-electron chi connectivity index (χ4n) is 3.50. The number of halogens is 3. The van der Waals surface area contributed by atoms with E-state index in [0.29, 0.717) is 16.3 Å². The van der Waals surface area contributed by atoms with E-state index in [2.05, 4.69) is 21.0 Å². The molecule has 11 nitrogen and oxygen atoms in total. The first kappa shape index (κ1) is 29.6. The van der Waals surface area contributed by atoms with Gasteiger partial charge in [-0.3, -0.25) is 19.9 Å². The summed E-state index contributed by atoms with van der Waals surface area (Å²) in [7, 11) is 0. The van der Waals surface area contributed by atoms with Crippen molar-refractivity contribution in [1.29, 1.82) is 0 Å². The van der Waals surface area contributed by atoms with Crippen molar-refractivity contribution in [3.05, 3.63) is 70.9 Å². The van der Waals surface area contributed by atoms with Gasteiger partial charge < -0.3 is 20.9 Å². The lowest BCUT2D eigenvalue weighted by atomic mass is 10.2. The smallest absolute Gasteiger partial charge is 0.412 e. The number of ether oxygens (including phenoxy) is 1. The molecule has 6 N–H and O–H groups in total. The molecule has 0 aliphatic heterocycles. The first-order chi connectivity index (χ1) is 18.6. The third-order valence-electron chi connectivity index (χ3n) is 5.54. The first-order valence-corrected chi connectivity index (χ1v) is 12.1. The summed E-state index contributed by atoms with van der Waals surface area (Å²) in [6.07, 6.45) is 0.518. The molecule has 3 amide bonds. The van der Waals surface area contributed by atoms with Crippen LogP contribution in [0, 0.1) is 11.6 Å². The third kappa shape index (κ3) is 8.29. The van der Waals surface area contributed by atoms with Crippen LogP contribution in [0.25, 0.3) is 10.8 Å². The Morgan fingerprint density at radius 1 is 1.18 bits per heavy atom. The van der Waals surface area contributed by atoms with Crippen molar-refractivity contribution in [3.63, 3.8) is 0 Å². The Kier molecular flexibility index (Phi) is 10.5. The lowest BCUT2D eigenvalue weighted by Gasteiger charge is -2.31. The number of benzene rings is 2. The van der Waals surface area contributed by atoms with Crippen LogP contribution in [0.1, 0.15) is 12.5 Å². The molecule has 208 valence electrons. The summed E-state index contributed by atoms with van der Waals surface area (Å²) in [4.78, 5) is 41.2. The molecule has 0 saturated carbocycles. The zero-order chi connectivity index (χ0) is 28.5. The van der Waals surface area contributed by atoms with E-state index in [0.717, 1.165) is 5.01 Å². The molecule has 0 bridgehead atoms. The molecule has 0 fully saturated rings. The van der Waals surface area contributed by atoms with Crippen LogP contribution < -0.4 is 21.8 Å². The van der Waals surface area contributed by atoms with E-state index in [1.165, 1.54) is 43.5 Å². The number of pyridine rings is 1. The zero-order valence-electron chi connectivity index (χ0n) is 20.8. The van der Waals surface area contributed by atoms with Gasteiger partial charge in [0.15, 0.2) is 0 Å². The lowest BCUT2D eigenvalue weighted by Crippen LogP contribution is -2.56. The highest BCUT2D eigenvalue weighted by molar-refractivity contribution is 6.31. The van der Waals surface area contributed by atoms with Gasteiger partial charge in [-0.05, 0) is 41.3 Å². The molecule has 0 saturated heterocycles. The standard InChI is InChI=1S/C25H27ClF2N6O5/c1-14(36)34(32-10-16-3-2-4-20(28)23(16)26)19(11-31-24(37)21(29)12-35)13-39-25(38)33-22-8-17-7-18(27)6-5-15(17)9-30-22/h2-9,19,21,32,35H,10-13,29H2,1H3,(H,31,37)(H,30,33,38)/t19-,21+/m0/s1. The van der Waals surface area contributed by atoms with E-state index in [1.54, 1.807) is 12.1 Å². The number of nitrogens with one attached hydrogen (secondary N) is 3. The van der Waals surface area contributed by atoms with Crippen LogP contribution in [0.2, 0.25) is 5.02 Å². The number of nitrogens with zero attached hydrogens (tertiary/aromatic N) is 2. The first-order valence-electron chi connectivity index (χ1n) is 11.7. The van der Waals surface area contributed by atoms with E-state index in [1.807, 2.05) is 0 Å². The Labute approximate surface area is 227 Å². The maximum absolute atomic E-state index is 13.8. The summed E-state index contributed by atoms with van der Waals surface area (Å²) < 4.78 is 32.6. The molecule has 2 aromatic carbocycles. The summed E-state index contributed by atoms with van der Waals surface area (Å²) in [5, 5.41) is 16.1. The fraction of sp³-hybridized carbons (Fsp3) is 0.280. The number of hydrogen-bond donors (Lipinski definition) is 5. The normalized spacial score (nSPS) is 12.5. The second kappa shape index (κ2) is 13.8. The molecule has 39 heavy (non-hydrogen) atoms. The minimum Gasteiger partial charge on any atom is -0.447 e. The number of anilines is 1. The average Bonchev–Trinajstić information content (AvgIpc) is 2.90. The zero-order valence-corrected chi connectivity index (χ0v) is 21.5. The monoisotopic (exact) mass is 564 g/mol. The number of aliphatic hydroxyl groups excluding tert-OH is 1. The molecule has 0 spiro atoms. The number of amides is 3. The van der Waals surface area contributed by atoms with E-state index in [-0.39, 0.29) is 23.9 Å². The number of nitrogens with two attached hydrogens (primary N) is 1. The molecule has 14 heteroatoms. The van der Waals surface area contributed by atoms with E-state index >= 15 is 0 Å². The number of carbonyl (C=O) groups excluding carboxylic acids is 3. The minimum absolute atomic E-state index is 0.0689. The van der Waals surface area contributed by atoms with Crippen molar-refractivity contribution < 1.29 is 33.0 Å². The van der Waals surface area contributed by atoms with Gasteiger partial charge in [0.1, 0.15) is 30.1 Å². The van der Waals surface area contributed by atoms with Crippen molar-refractivity contribution >= 4 is 46.1 Å². The molecule has 0 aliphatic rings. The highest BCUT2D eigenvalue weighted by Crippen LogP contribution is 2.20. The maximum Gasteiger partial charge on any atom is 0.412 e. The molecule has 1 aromatic heterocycles. The second-order valence-electron chi connectivity index (χ2n) is 8.41. The summed E-state index contributed by atoms with van der Waals surface area (Å²) in [5.41, 5.74) is 8.69. The van der Waals surface area contributed by atoms with Gasteiger partial charge in [0.25, 0.3) is 0 Å². The van der Waals surface area contributed by atoms with E-state index in [4.69, 9.17) is 27.2 Å². The predicted molar refractivity (Wildman–Crippen MR) is 139 cm³/mol. The minimum atomic E-state index is -1.21. The third-order valence-corrected chi connectivity index (χ3v) is 5.97. The summed E-state index contributed by atoms with van der Waals surface area (Å²) in [5.74, 6) is -2.22. The van der Waals surface area contributed by atoms with Gasteiger partial charge in [0.05, 0.1) is 17.7 Å². The molecular weight excluding hydrogens is 538 g/mol. The van der Waals surface area contributed by atoms with Gasteiger partial charge in [0.2, 0.25) is 11.8 Å². The van der Waals surface area contributed by atoms with Crippen molar-refractivity contribution in [2.75, 3.05) is 25.1 Å². The summed E-state index contributed by atoms with van der Waals surface area (Å²) in [6.45, 7) is -0.0824. The maximum atomic E-state index is 13.8. The second-order valence-corrected chi connectivity index (χ2v) is 8.79. The lowest BCUT2D eigenvalue weighted by molar-refractivity contribution is -0.137. The Balaban J connectivity index is 1.71. The number of hydrazine groups is 1. The Morgan fingerprint density at radius 2 is 1.95 bits per heavy atom. The van der Waals surface area contributed by atoms with Crippen molar-refractivity contribution in [2.24, 2.45) is 5.73 Å². The highest BCUT2D eigenvalue weighted by Gasteiger charge is 2.25. The van der Waals surface area contributed by atoms with Crippen LogP contribution >= 0.6 is 11.6 Å². The van der Waals surface area contributed by atoms with E-state index < -0.39 is 54.8 Å². The van der Waals surface area contributed by atoms with Gasteiger partial charge in [0, 0.05) is 31.6 Å². The van der Waals surface area contributed by atoms with Crippen LogP contribution in [-0.4, -0.2) is 64.8 Å². The van der Waals surface area contributed by atoms with E-state index in [9.17, 15) is 23.2 Å². The van der Waals surface area contributed by atoms with Gasteiger partial charge in [-0.25, -0.2) is 24.0 Å². The van der Waals surface area contributed by atoms with Crippen LogP contribution in [0.15, 0.2) is 48.7 Å². The Bertz CT molecular complexity index is 1350. The van der Waals surface area contributed by atoms with Crippen LogP contribution in [0.4, 0.5) is 19.4 Å².